The van der Waals surface area contributed by atoms with E-state index in [1.54, 1.807) is 35.4 Å². The molecule has 1 aromatic carbocycles. The molecule has 11 heteroatoms. The van der Waals surface area contributed by atoms with Gasteiger partial charge in [-0.1, -0.05) is 0 Å². The maximum Gasteiger partial charge on any atom is 0.151 e. The standard InChI is InChI=1S/C31H31F3IN7/c1-18-16-40(22-13-36-14-22)8-9-41(18)28-6-2-19(12-38-28)30-25(34)15-37-26-5-7-29(39-31(26)30)42-17-20(32)10-27(42)23-11-21(35)3-4-24(23)33/h2-7,11-12,15,18,20,22,27,36H,8-10,13-14,16-17H2,1H3/t18-,20-,27+/m0/s1. The first kappa shape index (κ1) is 27.8. The van der Waals surface area contributed by atoms with E-state index < -0.39 is 18.0 Å². The third-order valence-electron chi connectivity index (χ3n) is 8.78. The van der Waals surface area contributed by atoms with E-state index in [1.807, 2.05) is 12.1 Å². The summed E-state index contributed by atoms with van der Waals surface area (Å²) in [6.45, 7) is 7.24. The quantitative estimate of drug-likeness (QED) is 0.285. The van der Waals surface area contributed by atoms with Crippen LogP contribution in [0.2, 0.25) is 0 Å². The Hall–Kier alpha value is -3.03. The smallest absolute Gasteiger partial charge is 0.151 e. The van der Waals surface area contributed by atoms with E-state index in [-0.39, 0.29) is 18.8 Å². The Morgan fingerprint density at radius 3 is 2.48 bits per heavy atom. The topological polar surface area (TPSA) is 60.4 Å². The SMILES string of the molecule is C[C@H]1CN(C2CNC2)CCN1c1ccc(-c2c(F)cnc3ccc(N4C[C@@H](F)C[C@@H]4c4cc(I)ccc4F)nc23)cn1. The summed E-state index contributed by atoms with van der Waals surface area (Å²) in [4.78, 5) is 20.4. The third kappa shape index (κ3) is 5.09. The largest absolute Gasteiger partial charge is 0.351 e. The van der Waals surface area contributed by atoms with Crippen molar-refractivity contribution >= 4 is 45.3 Å². The first-order valence-electron chi connectivity index (χ1n) is 14.3. The molecule has 7 nitrogen and oxygen atoms in total. The number of nitrogens with one attached hydrogen (secondary N) is 1. The molecule has 0 amide bonds. The van der Waals surface area contributed by atoms with Crippen LogP contribution in [0.4, 0.5) is 24.8 Å². The van der Waals surface area contributed by atoms with Crippen LogP contribution >= 0.6 is 22.6 Å². The summed E-state index contributed by atoms with van der Waals surface area (Å²) < 4.78 is 45.9. The van der Waals surface area contributed by atoms with Crippen LogP contribution in [0.25, 0.3) is 22.2 Å². The lowest BCUT2D eigenvalue weighted by molar-refractivity contribution is 0.122. The van der Waals surface area contributed by atoms with E-state index >= 15 is 4.39 Å². The molecule has 1 N–H and O–H groups in total. The Labute approximate surface area is 256 Å². The molecule has 3 fully saturated rings. The van der Waals surface area contributed by atoms with Crippen LogP contribution in [0.15, 0.2) is 54.9 Å². The van der Waals surface area contributed by atoms with Crippen molar-refractivity contribution in [3.63, 3.8) is 0 Å². The summed E-state index contributed by atoms with van der Waals surface area (Å²) >= 11 is 2.13. The molecule has 0 radical (unpaired) electrons. The van der Waals surface area contributed by atoms with Gasteiger partial charge in [0.1, 0.15) is 29.1 Å². The summed E-state index contributed by atoms with van der Waals surface area (Å²) in [7, 11) is 0. The molecule has 7 rings (SSSR count). The normalized spacial score (nSPS) is 23.5. The Morgan fingerprint density at radius 2 is 1.74 bits per heavy atom. The molecule has 3 atom stereocenters. The molecule has 3 aromatic heterocycles. The van der Waals surface area contributed by atoms with Crippen molar-refractivity contribution in [1.29, 1.82) is 0 Å². The van der Waals surface area contributed by atoms with E-state index in [1.165, 1.54) is 12.3 Å². The van der Waals surface area contributed by atoms with Crippen LogP contribution in [0.5, 0.6) is 0 Å². The molecule has 4 aromatic rings. The van der Waals surface area contributed by atoms with Crippen LogP contribution in [0.3, 0.4) is 0 Å². The van der Waals surface area contributed by atoms with Crippen LogP contribution in [-0.4, -0.2) is 77.4 Å². The minimum Gasteiger partial charge on any atom is -0.351 e. The predicted octanol–water partition coefficient (Wildman–Crippen LogP) is 5.35. The number of fused-ring (bicyclic) bond motifs is 1. The van der Waals surface area contributed by atoms with Gasteiger partial charge in [0.15, 0.2) is 5.82 Å². The Kier molecular flexibility index (Phi) is 7.43. The molecule has 0 bridgehead atoms. The second kappa shape index (κ2) is 11.2. The van der Waals surface area contributed by atoms with Gasteiger partial charge in [-0.3, -0.25) is 9.88 Å². The van der Waals surface area contributed by atoms with Gasteiger partial charge in [-0.25, -0.2) is 23.1 Å². The second-order valence-electron chi connectivity index (χ2n) is 11.4. The minimum atomic E-state index is -1.14. The van der Waals surface area contributed by atoms with Crippen molar-refractivity contribution in [1.82, 2.24) is 25.2 Å². The number of piperazine rings is 1. The third-order valence-corrected chi connectivity index (χ3v) is 9.45. The number of alkyl halides is 1. The second-order valence-corrected chi connectivity index (χ2v) is 12.7. The molecule has 3 aliphatic rings. The lowest BCUT2D eigenvalue weighted by Gasteiger charge is -2.46. The molecule has 3 saturated heterocycles. The number of rotatable bonds is 5. The zero-order valence-electron chi connectivity index (χ0n) is 23.2. The van der Waals surface area contributed by atoms with Gasteiger partial charge in [-0.05, 0) is 72.0 Å². The maximum atomic E-state index is 15.4. The number of anilines is 2. The van der Waals surface area contributed by atoms with E-state index in [4.69, 9.17) is 9.97 Å². The summed E-state index contributed by atoms with van der Waals surface area (Å²) in [5.41, 5.74) is 2.19. The van der Waals surface area contributed by atoms with Crippen LogP contribution in [0, 0.1) is 15.2 Å². The van der Waals surface area contributed by atoms with Gasteiger partial charge < -0.3 is 15.1 Å². The lowest BCUT2D eigenvalue weighted by Crippen LogP contribution is -2.63. The number of pyridine rings is 3. The van der Waals surface area contributed by atoms with Gasteiger partial charge >= 0.3 is 0 Å². The molecule has 3 aliphatic heterocycles. The minimum absolute atomic E-state index is 0.0745. The van der Waals surface area contributed by atoms with Crippen LogP contribution in [-0.2, 0) is 0 Å². The van der Waals surface area contributed by atoms with E-state index in [9.17, 15) is 8.78 Å². The van der Waals surface area contributed by atoms with Crippen molar-refractivity contribution < 1.29 is 13.2 Å². The predicted molar refractivity (Wildman–Crippen MR) is 166 cm³/mol. The van der Waals surface area contributed by atoms with Crippen molar-refractivity contribution in [3.8, 4) is 11.1 Å². The molecule has 42 heavy (non-hydrogen) atoms. The number of hydrogen-bond donors (Lipinski definition) is 1. The molecule has 0 saturated carbocycles. The van der Waals surface area contributed by atoms with Crippen molar-refractivity contribution in [2.75, 3.05) is 49.1 Å². The van der Waals surface area contributed by atoms with Crippen molar-refractivity contribution in [2.24, 2.45) is 0 Å². The van der Waals surface area contributed by atoms with E-state index in [0.717, 1.165) is 42.1 Å². The summed E-state index contributed by atoms with van der Waals surface area (Å²) in [6.07, 6.45) is 1.90. The fraction of sp³-hybridized carbons (Fsp3) is 0.387. The van der Waals surface area contributed by atoms with Gasteiger partial charge in [0.2, 0.25) is 0 Å². The lowest BCUT2D eigenvalue weighted by atomic mass is 10.0. The monoisotopic (exact) mass is 685 g/mol. The highest BCUT2D eigenvalue weighted by atomic mass is 127. The molecular weight excluding hydrogens is 654 g/mol. The summed E-state index contributed by atoms with van der Waals surface area (Å²) in [5, 5.41) is 3.35. The van der Waals surface area contributed by atoms with Crippen LogP contribution in [0.1, 0.15) is 24.9 Å². The summed E-state index contributed by atoms with van der Waals surface area (Å²) in [5.74, 6) is 0.425. The molecule has 218 valence electrons. The first-order valence-corrected chi connectivity index (χ1v) is 15.4. The van der Waals surface area contributed by atoms with E-state index in [2.05, 4.69) is 49.6 Å². The molecular formula is C31H31F3IN7. The highest BCUT2D eigenvalue weighted by Crippen LogP contribution is 2.40. The van der Waals surface area contributed by atoms with E-state index in [0.29, 0.717) is 45.6 Å². The molecule has 6 heterocycles. The van der Waals surface area contributed by atoms with Crippen molar-refractivity contribution in [2.45, 2.75) is 37.6 Å². The summed E-state index contributed by atoms with van der Waals surface area (Å²) in [6, 6.07) is 12.6. The molecule has 0 aliphatic carbocycles. The van der Waals surface area contributed by atoms with Gasteiger partial charge in [-0.15, -0.1) is 0 Å². The Balaban J connectivity index is 1.20. The number of halogens is 4. The highest BCUT2D eigenvalue weighted by molar-refractivity contribution is 14.1. The maximum absolute atomic E-state index is 15.4. The van der Waals surface area contributed by atoms with Gasteiger partial charge in [0.25, 0.3) is 0 Å². The van der Waals surface area contributed by atoms with Crippen LogP contribution < -0.4 is 15.1 Å². The number of aromatic nitrogens is 3. The average Bonchev–Trinajstić information content (AvgIpc) is 3.35. The zero-order valence-corrected chi connectivity index (χ0v) is 25.3. The first-order chi connectivity index (χ1) is 20.4. The zero-order chi connectivity index (χ0) is 29.0. The van der Waals surface area contributed by atoms with Gasteiger partial charge in [0.05, 0.1) is 24.3 Å². The molecule has 0 spiro atoms. The van der Waals surface area contributed by atoms with Gasteiger partial charge in [0, 0.05) is 77.7 Å². The average molecular weight is 686 g/mol. The Morgan fingerprint density at radius 1 is 0.905 bits per heavy atom. The number of nitrogens with zero attached hydrogens (tertiary/aromatic N) is 6. The molecule has 0 unspecified atom stereocenters. The fourth-order valence-electron chi connectivity index (χ4n) is 6.46. The number of hydrogen-bond acceptors (Lipinski definition) is 7. The number of benzene rings is 1. The van der Waals surface area contributed by atoms with Crippen molar-refractivity contribution in [3.05, 3.63) is 75.6 Å². The van der Waals surface area contributed by atoms with Gasteiger partial charge in [-0.2, -0.15) is 0 Å². The Bertz CT molecular complexity index is 1620. The highest BCUT2D eigenvalue weighted by Gasteiger charge is 2.36. The fourth-order valence-corrected chi connectivity index (χ4v) is 6.98.